The van der Waals surface area contributed by atoms with Crippen molar-refractivity contribution < 1.29 is 0 Å². The molecule has 0 saturated carbocycles. The van der Waals surface area contributed by atoms with Gasteiger partial charge < -0.3 is 10.2 Å². The highest BCUT2D eigenvalue weighted by molar-refractivity contribution is 5.79. The highest BCUT2D eigenvalue weighted by Gasteiger charge is 2.12. The van der Waals surface area contributed by atoms with E-state index in [1.807, 2.05) is 6.07 Å². The molecule has 0 saturated heterocycles. The van der Waals surface area contributed by atoms with Crippen LogP contribution in [0, 0.1) is 13.8 Å². The number of hydrogen-bond acceptors (Lipinski definition) is 2. The first-order valence-corrected chi connectivity index (χ1v) is 15.5. The topological polar surface area (TPSA) is 15.3 Å². The third-order valence-corrected chi connectivity index (χ3v) is 7.88. The average Bonchev–Trinajstić information content (AvgIpc) is 3.09. The van der Waals surface area contributed by atoms with Gasteiger partial charge in [-0.1, -0.05) is 145 Å². The third-order valence-electron chi connectivity index (χ3n) is 7.88. The van der Waals surface area contributed by atoms with Crippen molar-refractivity contribution in [1.82, 2.24) is 0 Å². The molecule has 0 aromatic heterocycles. The van der Waals surface area contributed by atoms with Crippen molar-refractivity contribution in [2.75, 3.05) is 10.2 Å². The zero-order chi connectivity index (χ0) is 30.8. The van der Waals surface area contributed by atoms with Gasteiger partial charge in [0.25, 0.3) is 0 Å². The van der Waals surface area contributed by atoms with Crippen LogP contribution in [-0.4, -0.2) is 0 Å². The van der Waals surface area contributed by atoms with Crippen molar-refractivity contribution in [2.24, 2.45) is 0 Å². The van der Waals surface area contributed by atoms with Crippen molar-refractivity contribution in [3.8, 4) is 0 Å². The summed E-state index contributed by atoms with van der Waals surface area (Å²) in [5.41, 5.74) is 13.0. The molecule has 0 unspecified atom stereocenters. The van der Waals surface area contributed by atoms with Gasteiger partial charge in [-0.2, -0.15) is 0 Å². The fourth-order valence-electron chi connectivity index (χ4n) is 5.26. The summed E-state index contributed by atoms with van der Waals surface area (Å²) < 4.78 is 0. The highest BCUT2D eigenvalue weighted by atomic mass is 15.1. The Morgan fingerprint density at radius 3 is 1.40 bits per heavy atom. The first kappa shape index (κ1) is 29.5. The van der Waals surface area contributed by atoms with Crippen LogP contribution in [0.5, 0.6) is 0 Å². The van der Waals surface area contributed by atoms with E-state index < -0.39 is 0 Å². The summed E-state index contributed by atoms with van der Waals surface area (Å²) in [6.07, 6.45) is 8.69. The minimum absolute atomic E-state index is 0.799. The molecule has 0 amide bonds. The van der Waals surface area contributed by atoms with Crippen LogP contribution in [0.2, 0.25) is 0 Å². The van der Waals surface area contributed by atoms with Crippen LogP contribution >= 0.6 is 0 Å². The molecule has 45 heavy (non-hydrogen) atoms. The maximum atomic E-state index is 3.57. The van der Waals surface area contributed by atoms with Gasteiger partial charge in [0.2, 0.25) is 0 Å². The van der Waals surface area contributed by atoms with Gasteiger partial charge in [-0.15, -0.1) is 0 Å². The molecule has 0 radical (unpaired) electrons. The molecule has 0 atom stereocenters. The number of nitrogens with zero attached hydrogens (tertiary/aromatic N) is 1. The lowest BCUT2D eigenvalue weighted by Crippen LogP contribution is -2.09. The van der Waals surface area contributed by atoms with Gasteiger partial charge in [-0.3, -0.25) is 0 Å². The number of benzene rings is 6. The minimum atomic E-state index is 0.799. The summed E-state index contributed by atoms with van der Waals surface area (Å²) in [5, 5.41) is 3.57. The Balaban J connectivity index is 1.12. The molecule has 6 rings (SSSR count). The Hall–Kier alpha value is -5.60. The van der Waals surface area contributed by atoms with Crippen molar-refractivity contribution in [3.05, 3.63) is 191 Å². The Kier molecular flexibility index (Phi) is 9.33. The zero-order valence-corrected chi connectivity index (χ0v) is 25.9. The summed E-state index contributed by atoms with van der Waals surface area (Å²) in [6.45, 7) is 5.04. The Bertz CT molecular complexity index is 1820. The third kappa shape index (κ3) is 7.87. The standard InChI is InChI=1S/C43H38N2/c1-33-12-26-40(27-13-33)45(41-28-14-34(2)15-29-41)42-30-23-37(24-31-42)21-18-35-16-19-36(20-17-35)22-25-39-10-6-7-11-43(39)44-32-38-8-4-3-5-9-38/h3-31,44H,32H2,1-2H3. The van der Waals surface area contributed by atoms with Crippen LogP contribution in [0.3, 0.4) is 0 Å². The summed E-state index contributed by atoms with van der Waals surface area (Å²) in [4.78, 5) is 2.30. The van der Waals surface area contributed by atoms with Gasteiger partial charge in [0.1, 0.15) is 0 Å². The molecule has 0 aliphatic rings. The molecule has 0 aliphatic heterocycles. The molecule has 0 heterocycles. The molecular weight excluding hydrogens is 544 g/mol. The summed E-state index contributed by atoms with van der Waals surface area (Å²) in [5.74, 6) is 0. The number of nitrogens with one attached hydrogen (secondary N) is 1. The smallest absolute Gasteiger partial charge is 0.0462 e. The minimum Gasteiger partial charge on any atom is -0.380 e. The molecular formula is C43H38N2. The summed E-state index contributed by atoms with van der Waals surface area (Å²) >= 11 is 0. The predicted octanol–water partition coefficient (Wildman–Crippen LogP) is 11.7. The fourth-order valence-corrected chi connectivity index (χ4v) is 5.26. The van der Waals surface area contributed by atoms with Gasteiger partial charge in [0, 0.05) is 29.3 Å². The predicted molar refractivity (Wildman–Crippen MR) is 195 cm³/mol. The maximum absolute atomic E-state index is 3.57. The van der Waals surface area contributed by atoms with Crippen molar-refractivity contribution >= 4 is 47.1 Å². The van der Waals surface area contributed by atoms with Crippen LogP contribution < -0.4 is 10.2 Å². The van der Waals surface area contributed by atoms with Gasteiger partial charge in [-0.25, -0.2) is 0 Å². The normalized spacial score (nSPS) is 11.2. The fraction of sp³-hybridized carbons (Fsp3) is 0.0698. The molecule has 0 spiro atoms. The van der Waals surface area contributed by atoms with Crippen LogP contribution in [0.1, 0.15) is 38.9 Å². The number of hydrogen-bond donors (Lipinski definition) is 1. The van der Waals surface area contributed by atoms with Gasteiger partial charge in [0.15, 0.2) is 0 Å². The second kappa shape index (κ2) is 14.2. The first-order chi connectivity index (χ1) is 22.1. The van der Waals surface area contributed by atoms with Crippen LogP contribution in [0.4, 0.5) is 22.7 Å². The van der Waals surface area contributed by atoms with E-state index in [2.05, 4.69) is 194 Å². The van der Waals surface area contributed by atoms with E-state index in [9.17, 15) is 0 Å². The Morgan fingerprint density at radius 1 is 0.444 bits per heavy atom. The van der Waals surface area contributed by atoms with Gasteiger partial charge in [0.05, 0.1) is 0 Å². The lowest BCUT2D eigenvalue weighted by Gasteiger charge is -2.25. The Labute approximate surface area is 267 Å². The average molecular weight is 583 g/mol. The number of para-hydroxylation sites is 1. The van der Waals surface area contributed by atoms with E-state index >= 15 is 0 Å². The molecule has 6 aromatic carbocycles. The molecule has 1 N–H and O–H groups in total. The number of aryl methyl sites for hydroxylation is 2. The SMILES string of the molecule is Cc1ccc(N(c2ccc(C)cc2)c2ccc(C=Cc3ccc(C=Cc4ccccc4NCc4ccccc4)cc3)cc2)cc1. The van der Waals surface area contributed by atoms with Crippen molar-refractivity contribution in [1.29, 1.82) is 0 Å². The molecule has 0 bridgehead atoms. The molecule has 0 fully saturated rings. The lowest BCUT2D eigenvalue weighted by atomic mass is 10.1. The quantitative estimate of drug-likeness (QED) is 0.162. The van der Waals surface area contributed by atoms with E-state index in [0.29, 0.717) is 0 Å². The zero-order valence-electron chi connectivity index (χ0n) is 25.9. The van der Waals surface area contributed by atoms with Gasteiger partial charge >= 0.3 is 0 Å². The van der Waals surface area contributed by atoms with E-state index in [1.54, 1.807) is 0 Å². The van der Waals surface area contributed by atoms with Crippen LogP contribution in [-0.2, 0) is 6.54 Å². The highest BCUT2D eigenvalue weighted by Crippen LogP contribution is 2.35. The second-order valence-corrected chi connectivity index (χ2v) is 11.4. The van der Waals surface area contributed by atoms with Crippen molar-refractivity contribution in [3.63, 3.8) is 0 Å². The lowest BCUT2D eigenvalue weighted by molar-refractivity contribution is 1.15. The number of anilines is 4. The molecule has 2 heteroatoms. The Morgan fingerprint density at radius 2 is 0.867 bits per heavy atom. The van der Waals surface area contributed by atoms with Crippen molar-refractivity contribution in [2.45, 2.75) is 20.4 Å². The summed E-state index contributed by atoms with van der Waals surface area (Å²) in [6, 6.07) is 53.7. The van der Waals surface area contributed by atoms with E-state index in [0.717, 1.165) is 34.9 Å². The molecule has 220 valence electrons. The van der Waals surface area contributed by atoms with Crippen LogP contribution in [0.25, 0.3) is 24.3 Å². The van der Waals surface area contributed by atoms with E-state index in [4.69, 9.17) is 0 Å². The molecule has 0 aliphatic carbocycles. The largest absolute Gasteiger partial charge is 0.380 e. The summed E-state index contributed by atoms with van der Waals surface area (Å²) in [7, 11) is 0. The van der Waals surface area contributed by atoms with E-state index in [1.165, 1.54) is 33.4 Å². The molecule has 6 aromatic rings. The second-order valence-electron chi connectivity index (χ2n) is 11.4. The monoisotopic (exact) mass is 582 g/mol. The number of rotatable bonds is 10. The van der Waals surface area contributed by atoms with Crippen LogP contribution in [0.15, 0.2) is 152 Å². The first-order valence-electron chi connectivity index (χ1n) is 15.5. The van der Waals surface area contributed by atoms with E-state index in [-0.39, 0.29) is 0 Å². The maximum Gasteiger partial charge on any atom is 0.0462 e. The molecule has 2 nitrogen and oxygen atoms in total. The van der Waals surface area contributed by atoms with Gasteiger partial charge in [-0.05, 0) is 84.1 Å².